The number of phenolic OH excluding ortho intramolecular Hbond substituents is 1. The lowest BCUT2D eigenvalue weighted by atomic mass is 10.0. The maximum atomic E-state index is 13.0. The van der Waals surface area contributed by atoms with E-state index in [-0.39, 0.29) is 29.9 Å². The number of amides is 3. The van der Waals surface area contributed by atoms with E-state index in [2.05, 4.69) is 33.9 Å². The van der Waals surface area contributed by atoms with Gasteiger partial charge in [0.05, 0.1) is 6.04 Å². The van der Waals surface area contributed by atoms with E-state index in [1.165, 1.54) is 12.1 Å². The van der Waals surface area contributed by atoms with E-state index < -0.39 is 35.9 Å². The average molecular weight is 510 g/mol. The number of thiol groups is 1. The van der Waals surface area contributed by atoms with Crippen LogP contribution in [0.4, 0.5) is 0 Å². The van der Waals surface area contributed by atoms with Gasteiger partial charge in [0.25, 0.3) is 0 Å². The zero-order chi connectivity index (χ0) is 25.8. The molecule has 3 amide bonds. The van der Waals surface area contributed by atoms with Gasteiger partial charge in [-0.1, -0.05) is 12.1 Å². The zero-order valence-electron chi connectivity index (χ0n) is 19.5. The molecule has 35 heavy (non-hydrogen) atoms. The number of unbranched alkanes of at least 4 members (excludes halogenated alkanes) is 1. The molecule has 1 aromatic rings. The van der Waals surface area contributed by atoms with Gasteiger partial charge in [-0.2, -0.15) is 12.6 Å². The Hall–Kier alpha value is -2.83. The summed E-state index contributed by atoms with van der Waals surface area (Å²) in [6, 6.07) is 2.39. The first-order valence-electron chi connectivity index (χ1n) is 11.7. The summed E-state index contributed by atoms with van der Waals surface area (Å²) in [7, 11) is 0. The molecule has 4 atom stereocenters. The monoisotopic (exact) mass is 509 g/mol. The van der Waals surface area contributed by atoms with Crippen LogP contribution in [0, 0.1) is 0 Å². The smallest absolute Gasteiger partial charge is 0.326 e. The van der Waals surface area contributed by atoms with Gasteiger partial charge in [0, 0.05) is 12.2 Å². The molecule has 1 heterocycles. The molecule has 1 aliphatic rings. The molecular formula is C23H35N5O6S. The minimum Gasteiger partial charge on any atom is -0.508 e. The van der Waals surface area contributed by atoms with Crippen LogP contribution in [0.2, 0.25) is 0 Å². The molecule has 8 N–H and O–H groups in total. The van der Waals surface area contributed by atoms with Crippen LogP contribution in [0.15, 0.2) is 24.3 Å². The molecular weight excluding hydrogens is 474 g/mol. The number of hydrogen-bond donors (Lipinski definition) is 8. The second-order valence-electron chi connectivity index (χ2n) is 8.51. The number of benzene rings is 1. The van der Waals surface area contributed by atoms with Crippen LogP contribution >= 0.6 is 12.6 Å². The van der Waals surface area contributed by atoms with Gasteiger partial charge in [0.2, 0.25) is 17.7 Å². The number of aliphatic carboxylic acids is 1. The van der Waals surface area contributed by atoms with Crippen molar-refractivity contribution in [2.45, 2.75) is 62.7 Å². The molecule has 4 unspecified atom stereocenters. The van der Waals surface area contributed by atoms with Gasteiger partial charge in [0.1, 0.15) is 23.9 Å². The second kappa shape index (κ2) is 14.5. The summed E-state index contributed by atoms with van der Waals surface area (Å²) in [5.74, 6) is -2.80. The third-order valence-corrected chi connectivity index (χ3v) is 6.13. The van der Waals surface area contributed by atoms with Crippen molar-refractivity contribution in [3.05, 3.63) is 29.8 Å². The van der Waals surface area contributed by atoms with Crippen molar-refractivity contribution >= 4 is 36.3 Å². The first-order valence-corrected chi connectivity index (χ1v) is 12.3. The van der Waals surface area contributed by atoms with Crippen molar-refractivity contribution in [1.29, 1.82) is 0 Å². The Bertz CT molecular complexity index is 862. The first-order chi connectivity index (χ1) is 16.7. The lowest BCUT2D eigenvalue weighted by Crippen LogP contribution is -2.57. The number of carbonyl (C=O) groups excluding carboxylic acids is 3. The summed E-state index contributed by atoms with van der Waals surface area (Å²) in [6.45, 7) is 1.19. The van der Waals surface area contributed by atoms with Gasteiger partial charge in [-0.25, -0.2) is 4.79 Å². The van der Waals surface area contributed by atoms with Crippen molar-refractivity contribution < 1.29 is 29.4 Å². The molecule has 0 aliphatic carbocycles. The van der Waals surface area contributed by atoms with E-state index in [1.54, 1.807) is 12.1 Å². The second-order valence-corrected chi connectivity index (χ2v) is 8.87. The minimum atomic E-state index is -1.25. The highest BCUT2D eigenvalue weighted by atomic mass is 32.1. The van der Waals surface area contributed by atoms with Crippen LogP contribution in [0.5, 0.6) is 5.75 Å². The van der Waals surface area contributed by atoms with Crippen molar-refractivity contribution in [2.75, 3.05) is 18.8 Å². The standard InChI is InChI=1S/C23H35N5O6S/c24-10-2-1-4-17(26-20(30)16-5-3-11-25-16)21(31)28-19(13-35)22(32)27-18(23(33)34)12-14-6-8-15(29)9-7-14/h6-9,16-19,25,29,35H,1-5,10-13,24H2,(H,26,30)(H,27,32)(H,28,31)(H,33,34). The average Bonchev–Trinajstić information content (AvgIpc) is 3.37. The highest BCUT2D eigenvalue weighted by Crippen LogP contribution is 2.12. The van der Waals surface area contributed by atoms with Crippen LogP contribution < -0.4 is 27.0 Å². The van der Waals surface area contributed by atoms with Crippen molar-refractivity contribution in [3.63, 3.8) is 0 Å². The molecule has 0 bridgehead atoms. The molecule has 11 nitrogen and oxygen atoms in total. The number of nitrogens with one attached hydrogen (secondary N) is 4. The van der Waals surface area contributed by atoms with Gasteiger partial charge in [-0.15, -0.1) is 0 Å². The topological polar surface area (TPSA) is 183 Å². The van der Waals surface area contributed by atoms with E-state index in [0.717, 1.165) is 13.0 Å². The SMILES string of the molecule is NCCCCC(NC(=O)C1CCCN1)C(=O)NC(CS)C(=O)NC(Cc1ccc(O)cc1)C(=O)O. The predicted molar refractivity (Wildman–Crippen MR) is 133 cm³/mol. The van der Waals surface area contributed by atoms with E-state index >= 15 is 0 Å². The summed E-state index contributed by atoms with van der Waals surface area (Å²) in [4.78, 5) is 50.0. The Morgan fingerprint density at radius 1 is 1.03 bits per heavy atom. The van der Waals surface area contributed by atoms with Gasteiger partial charge in [0.15, 0.2) is 0 Å². The fraction of sp³-hybridized carbons (Fsp3) is 0.565. The van der Waals surface area contributed by atoms with E-state index in [9.17, 15) is 29.4 Å². The Kier molecular flexibility index (Phi) is 11.8. The number of carboxylic acids is 1. The van der Waals surface area contributed by atoms with Crippen molar-refractivity contribution in [3.8, 4) is 5.75 Å². The Morgan fingerprint density at radius 2 is 1.69 bits per heavy atom. The normalized spacial score (nSPS) is 17.7. The molecule has 194 valence electrons. The zero-order valence-corrected chi connectivity index (χ0v) is 20.4. The Balaban J connectivity index is 2.02. The van der Waals surface area contributed by atoms with E-state index in [0.29, 0.717) is 37.8 Å². The number of rotatable bonds is 14. The maximum Gasteiger partial charge on any atom is 0.326 e. The van der Waals surface area contributed by atoms with Crippen LogP contribution in [0.1, 0.15) is 37.7 Å². The molecule has 1 fully saturated rings. The summed E-state index contributed by atoms with van der Waals surface area (Å²) in [5, 5.41) is 29.8. The Morgan fingerprint density at radius 3 is 2.26 bits per heavy atom. The minimum absolute atomic E-state index is 0.0131. The largest absolute Gasteiger partial charge is 0.508 e. The highest BCUT2D eigenvalue weighted by Gasteiger charge is 2.31. The van der Waals surface area contributed by atoms with E-state index in [4.69, 9.17) is 5.73 Å². The lowest BCUT2D eigenvalue weighted by molar-refractivity contribution is -0.142. The Labute approximate surface area is 210 Å². The van der Waals surface area contributed by atoms with Crippen LogP contribution in [0.3, 0.4) is 0 Å². The summed E-state index contributed by atoms with van der Waals surface area (Å²) in [6.07, 6.45) is 3.18. The quantitative estimate of drug-likeness (QED) is 0.119. The molecule has 0 saturated carbocycles. The van der Waals surface area contributed by atoms with Crippen molar-refractivity contribution in [2.24, 2.45) is 5.73 Å². The van der Waals surface area contributed by atoms with Crippen LogP contribution in [-0.2, 0) is 25.6 Å². The molecule has 1 aliphatic heterocycles. The molecule has 12 heteroatoms. The number of hydrogen-bond acceptors (Lipinski definition) is 8. The van der Waals surface area contributed by atoms with Crippen LogP contribution in [0.25, 0.3) is 0 Å². The van der Waals surface area contributed by atoms with E-state index in [1.807, 2.05) is 0 Å². The fourth-order valence-electron chi connectivity index (χ4n) is 3.75. The predicted octanol–water partition coefficient (Wildman–Crippen LogP) is -0.715. The molecule has 2 rings (SSSR count). The molecule has 0 radical (unpaired) electrons. The van der Waals surface area contributed by atoms with Crippen LogP contribution in [-0.4, -0.2) is 76.9 Å². The first kappa shape index (κ1) is 28.4. The molecule has 1 aromatic carbocycles. The summed E-state index contributed by atoms with van der Waals surface area (Å²) >= 11 is 4.14. The molecule has 0 spiro atoms. The van der Waals surface area contributed by atoms with Gasteiger partial charge in [-0.3, -0.25) is 14.4 Å². The van der Waals surface area contributed by atoms with Gasteiger partial charge < -0.3 is 37.2 Å². The van der Waals surface area contributed by atoms with Gasteiger partial charge in [-0.05, 0) is 62.9 Å². The summed E-state index contributed by atoms with van der Waals surface area (Å²) in [5.41, 5.74) is 6.15. The lowest BCUT2D eigenvalue weighted by Gasteiger charge is -2.24. The third-order valence-electron chi connectivity index (χ3n) is 5.76. The molecule has 0 aromatic heterocycles. The third kappa shape index (κ3) is 9.38. The van der Waals surface area contributed by atoms with Gasteiger partial charge >= 0.3 is 5.97 Å². The van der Waals surface area contributed by atoms with Crippen molar-refractivity contribution in [1.82, 2.24) is 21.3 Å². The number of carbonyl (C=O) groups is 4. The number of carboxylic acid groups (broad SMARTS) is 1. The summed E-state index contributed by atoms with van der Waals surface area (Å²) < 4.78 is 0. The highest BCUT2D eigenvalue weighted by molar-refractivity contribution is 7.80. The maximum absolute atomic E-state index is 13.0. The number of aromatic hydroxyl groups is 1. The number of phenols is 1. The number of nitrogens with two attached hydrogens (primary N) is 1. The fourth-order valence-corrected chi connectivity index (χ4v) is 4.01. The molecule has 1 saturated heterocycles.